The van der Waals surface area contributed by atoms with E-state index in [1.807, 2.05) is 54.6 Å². The minimum absolute atomic E-state index is 0.0735. The summed E-state index contributed by atoms with van der Waals surface area (Å²) in [6.07, 6.45) is 0. The molecule has 3 aromatic carbocycles. The number of ether oxygens (including phenoxy) is 1. The summed E-state index contributed by atoms with van der Waals surface area (Å²) < 4.78 is 24.0. The quantitative estimate of drug-likeness (QED) is 0.380. The Hall–Kier alpha value is -3.58. The number of amides is 1. The molecular formula is C24H19FN2O3S. The van der Waals surface area contributed by atoms with Gasteiger partial charge in [-0.15, -0.1) is 0 Å². The first-order valence-electron chi connectivity index (χ1n) is 9.57. The number of aryl methyl sites for hydroxylation is 1. The Kier molecular flexibility index (Phi) is 6.33. The van der Waals surface area contributed by atoms with Gasteiger partial charge in [-0.3, -0.25) is 4.79 Å². The van der Waals surface area contributed by atoms with Crippen molar-refractivity contribution in [3.8, 4) is 5.75 Å². The van der Waals surface area contributed by atoms with Gasteiger partial charge in [0.1, 0.15) is 23.9 Å². The van der Waals surface area contributed by atoms with Crippen molar-refractivity contribution < 1.29 is 18.4 Å². The first kappa shape index (κ1) is 20.7. The van der Waals surface area contributed by atoms with Crippen molar-refractivity contribution in [2.45, 2.75) is 23.3 Å². The second-order valence-electron chi connectivity index (χ2n) is 6.67. The number of para-hydroxylation sites is 1. The largest absolute Gasteiger partial charge is 0.489 e. The molecular weight excluding hydrogens is 415 g/mol. The number of halogens is 1. The molecule has 4 rings (SSSR count). The standard InChI is InChI=1S/C24H19FN2O3S/c1-16-20(15-29-18-13-11-17(25)12-14-18)23(27-30-16)24(28)26-21-9-5-6-10-22(21)31-19-7-3-2-4-8-19/h2-14H,15H2,1H3,(H,26,28). The van der Waals surface area contributed by atoms with E-state index in [1.165, 1.54) is 24.3 Å². The van der Waals surface area contributed by atoms with Crippen LogP contribution in [-0.2, 0) is 6.61 Å². The number of hydrogen-bond acceptors (Lipinski definition) is 5. The Morgan fingerprint density at radius 3 is 2.52 bits per heavy atom. The maximum Gasteiger partial charge on any atom is 0.278 e. The predicted molar refractivity (Wildman–Crippen MR) is 117 cm³/mol. The summed E-state index contributed by atoms with van der Waals surface area (Å²) in [6.45, 7) is 1.79. The van der Waals surface area contributed by atoms with Crippen molar-refractivity contribution in [3.63, 3.8) is 0 Å². The van der Waals surface area contributed by atoms with Gasteiger partial charge in [0.15, 0.2) is 5.69 Å². The Morgan fingerprint density at radius 1 is 1.03 bits per heavy atom. The SMILES string of the molecule is Cc1onc(C(=O)Nc2ccccc2Sc2ccccc2)c1COc1ccc(F)cc1. The molecule has 0 unspecified atom stereocenters. The van der Waals surface area contributed by atoms with E-state index >= 15 is 0 Å². The Morgan fingerprint density at radius 2 is 1.74 bits per heavy atom. The van der Waals surface area contributed by atoms with Crippen LogP contribution in [0.25, 0.3) is 0 Å². The molecule has 1 heterocycles. The van der Waals surface area contributed by atoms with E-state index in [2.05, 4.69) is 10.5 Å². The summed E-state index contributed by atoms with van der Waals surface area (Å²) in [5, 5.41) is 6.84. The van der Waals surface area contributed by atoms with E-state index in [0.717, 1.165) is 9.79 Å². The van der Waals surface area contributed by atoms with Crippen LogP contribution in [0.4, 0.5) is 10.1 Å². The lowest BCUT2D eigenvalue weighted by Gasteiger charge is -2.11. The third-order valence-electron chi connectivity index (χ3n) is 4.50. The monoisotopic (exact) mass is 434 g/mol. The molecule has 31 heavy (non-hydrogen) atoms. The number of carbonyl (C=O) groups excluding carboxylic acids is 1. The highest BCUT2D eigenvalue weighted by atomic mass is 32.2. The number of hydrogen-bond donors (Lipinski definition) is 1. The third kappa shape index (κ3) is 5.13. The molecule has 0 aliphatic heterocycles. The van der Waals surface area contributed by atoms with Crippen LogP contribution >= 0.6 is 11.8 Å². The van der Waals surface area contributed by atoms with E-state index in [1.54, 1.807) is 18.7 Å². The van der Waals surface area contributed by atoms with Crippen molar-refractivity contribution in [2.75, 3.05) is 5.32 Å². The van der Waals surface area contributed by atoms with Gasteiger partial charge in [-0.1, -0.05) is 47.3 Å². The summed E-state index contributed by atoms with van der Waals surface area (Å²) >= 11 is 1.56. The predicted octanol–water partition coefficient (Wildman–Crippen LogP) is 6.10. The molecule has 1 aromatic heterocycles. The van der Waals surface area contributed by atoms with E-state index in [0.29, 0.717) is 22.8 Å². The summed E-state index contributed by atoms with van der Waals surface area (Å²) in [7, 11) is 0. The summed E-state index contributed by atoms with van der Waals surface area (Å²) in [4.78, 5) is 14.9. The fourth-order valence-electron chi connectivity index (χ4n) is 2.88. The highest BCUT2D eigenvalue weighted by Crippen LogP contribution is 2.33. The fourth-order valence-corrected chi connectivity index (χ4v) is 3.80. The van der Waals surface area contributed by atoms with Crippen molar-refractivity contribution in [1.82, 2.24) is 5.16 Å². The van der Waals surface area contributed by atoms with Crippen LogP contribution in [0.5, 0.6) is 5.75 Å². The Balaban J connectivity index is 1.50. The molecule has 7 heteroatoms. The van der Waals surface area contributed by atoms with Crippen molar-refractivity contribution in [2.24, 2.45) is 0 Å². The van der Waals surface area contributed by atoms with Crippen LogP contribution < -0.4 is 10.1 Å². The van der Waals surface area contributed by atoms with Crippen LogP contribution in [0.3, 0.4) is 0 Å². The number of nitrogens with zero attached hydrogens (tertiary/aromatic N) is 1. The zero-order chi connectivity index (χ0) is 21.6. The lowest BCUT2D eigenvalue weighted by atomic mass is 10.2. The molecule has 0 aliphatic rings. The summed E-state index contributed by atoms with van der Waals surface area (Å²) in [5.41, 5.74) is 1.36. The van der Waals surface area contributed by atoms with E-state index < -0.39 is 5.91 Å². The molecule has 0 saturated carbocycles. The average molecular weight is 434 g/mol. The smallest absolute Gasteiger partial charge is 0.278 e. The van der Waals surface area contributed by atoms with Gasteiger partial charge in [-0.05, 0) is 55.5 Å². The average Bonchev–Trinajstić information content (AvgIpc) is 3.16. The second kappa shape index (κ2) is 9.49. The highest BCUT2D eigenvalue weighted by molar-refractivity contribution is 7.99. The van der Waals surface area contributed by atoms with Gasteiger partial charge in [0, 0.05) is 9.79 Å². The van der Waals surface area contributed by atoms with E-state index in [4.69, 9.17) is 9.26 Å². The highest BCUT2D eigenvalue weighted by Gasteiger charge is 2.21. The van der Waals surface area contributed by atoms with Gasteiger partial charge in [-0.25, -0.2) is 4.39 Å². The number of rotatable bonds is 7. The molecule has 0 atom stereocenters. The molecule has 1 amide bonds. The lowest BCUT2D eigenvalue weighted by Crippen LogP contribution is -2.16. The Bertz CT molecular complexity index is 1180. The van der Waals surface area contributed by atoms with Crippen LogP contribution in [0.2, 0.25) is 0 Å². The normalized spacial score (nSPS) is 10.6. The second-order valence-corrected chi connectivity index (χ2v) is 7.79. The van der Waals surface area contributed by atoms with Gasteiger partial charge in [0.25, 0.3) is 5.91 Å². The minimum Gasteiger partial charge on any atom is -0.489 e. The van der Waals surface area contributed by atoms with Gasteiger partial charge in [-0.2, -0.15) is 0 Å². The minimum atomic E-state index is -0.393. The zero-order valence-corrected chi connectivity index (χ0v) is 17.5. The van der Waals surface area contributed by atoms with Gasteiger partial charge in [0.05, 0.1) is 11.3 Å². The Labute approximate surface area is 183 Å². The fraction of sp³-hybridized carbons (Fsp3) is 0.0833. The molecule has 0 saturated heterocycles. The van der Waals surface area contributed by atoms with Crippen molar-refractivity contribution >= 4 is 23.4 Å². The number of anilines is 1. The maximum atomic E-state index is 13.1. The first-order chi connectivity index (χ1) is 15.1. The van der Waals surface area contributed by atoms with Gasteiger partial charge < -0.3 is 14.6 Å². The first-order valence-corrected chi connectivity index (χ1v) is 10.4. The topological polar surface area (TPSA) is 64.4 Å². The molecule has 0 bridgehead atoms. The van der Waals surface area contributed by atoms with Crippen LogP contribution in [0.15, 0.2) is 93.2 Å². The maximum absolute atomic E-state index is 13.1. The molecule has 0 spiro atoms. The molecule has 0 fully saturated rings. The van der Waals surface area contributed by atoms with Gasteiger partial charge in [0.2, 0.25) is 0 Å². The van der Waals surface area contributed by atoms with E-state index in [9.17, 15) is 9.18 Å². The molecule has 0 aliphatic carbocycles. The van der Waals surface area contributed by atoms with Crippen LogP contribution in [0, 0.1) is 12.7 Å². The molecule has 5 nitrogen and oxygen atoms in total. The van der Waals surface area contributed by atoms with Crippen LogP contribution in [-0.4, -0.2) is 11.1 Å². The number of benzene rings is 3. The molecule has 156 valence electrons. The molecule has 0 radical (unpaired) electrons. The van der Waals surface area contributed by atoms with E-state index in [-0.39, 0.29) is 18.1 Å². The summed E-state index contributed by atoms with van der Waals surface area (Å²) in [6, 6.07) is 23.1. The molecule has 4 aromatic rings. The summed E-state index contributed by atoms with van der Waals surface area (Å²) in [5.74, 6) is 0.230. The third-order valence-corrected chi connectivity index (χ3v) is 5.59. The zero-order valence-electron chi connectivity index (χ0n) is 16.7. The van der Waals surface area contributed by atoms with Crippen molar-refractivity contribution in [3.05, 3.63) is 102 Å². The number of carbonyl (C=O) groups is 1. The number of aromatic nitrogens is 1. The van der Waals surface area contributed by atoms with Gasteiger partial charge >= 0.3 is 0 Å². The lowest BCUT2D eigenvalue weighted by molar-refractivity contribution is 0.101. The van der Waals surface area contributed by atoms with Crippen LogP contribution in [0.1, 0.15) is 21.8 Å². The number of nitrogens with one attached hydrogen (secondary N) is 1. The molecule has 1 N–H and O–H groups in total. The van der Waals surface area contributed by atoms with Crippen molar-refractivity contribution in [1.29, 1.82) is 0 Å².